The molecule has 0 amide bonds. The summed E-state index contributed by atoms with van der Waals surface area (Å²) in [6.45, 7) is 4.84. The number of esters is 1. The minimum Gasteiger partial charge on any atom is -0.435 e. The highest BCUT2D eigenvalue weighted by atomic mass is 19.4. The van der Waals surface area contributed by atoms with Crippen LogP contribution in [0.25, 0.3) is 0 Å². The normalized spacial score (nSPS) is 13.7. The topological polar surface area (TPSA) is 57.0 Å². The van der Waals surface area contributed by atoms with Gasteiger partial charge in [0.1, 0.15) is 12.7 Å². The predicted molar refractivity (Wildman–Crippen MR) is 75.2 cm³/mol. The summed E-state index contributed by atoms with van der Waals surface area (Å²) in [6.07, 6.45) is -3.56. The van der Waals surface area contributed by atoms with Gasteiger partial charge in [-0.3, -0.25) is 4.79 Å². The van der Waals surface area contributed by atoms with Crippen molar-refractivity contribution in [3.8, 4) is 0 Å². The molecule has 0 spiro atoms. The average Bonchev–Trinajstić information content (AvgIpc) is 2.96. The smallest absolute Gasteiger partial charge is 0.416 e. The minimum absolute atomic E-state index is 0.205. The molecule has 0 aliphatic rings. The maximum Gasteiger partial charge on any atom is 0.416 e. The van der Waals surface area contributed by atoms with E-state index < -0.39 is 29.4 Å². The maximum atomic E-state index is 13.2. The Labute approximate surface area is 131 Å². The molecular formula is C15H16F3N3O2. The maximum absolute atomic E-state index is 13.2. The fourth-order valence-corrected chi connectivity index (χ4v) is 1.85. The SMILES string of the molecule is CC(C)(C)C(=O)OC(c1ccccc1C(F)(F)F)n1cncn1. The largest absolute Gasteiger partial charge is 0.435 e. The highest BCUT2D eigenvalue weighted by molar-refractivity contribution is 5.75. The molecule has 0 aliphatic heterocycles. The van der Waals surface area contributed by atoms with Crippen molar-refractivity contribution in [3.63, 3.8) is 0 Å². The van der Waals surface area contributed by atoms with Gasteiger partial charge in [-0.05, 0) is 26.8 Å². The molecular weight excluding hydrogens is 311 g/mol. The Bertz CT molecular complexity index is 676. The van der Waals surface area contributed by atoms with Crippen LogP contribution in [0.1, 0.15) is 38.1 Å². The van der Waals surface area contributed by atoms with E-state index in [2.05, 4.69) is 10.1 Å². The summed E-state index contributed by atoms with van der Waals surface area (Å²) in [6, 6.07) is 4.91. The van der Waals surface area contributed by atoms with E-state index >= 15 is 0 Å². The van der Waals surface area contributed by atoms with Gasteiger partial charge < -0.3 is 4.74 Å². The fraction of sp³-hybridized carbons (Fsp3) is 0.400. The molecule has 124 valence electrons. The summed E-state index contributed by atoms with van der Waals surface area (Å²) in [7, 11) is 0. The van der Waals surface area contributed by atoms with Gasteiger partial charge in [-0.25, -0.2) is 9.67 Å². The quantitative estimate of drug-likeness (QED) is 0.811. The van der Waals surface area contributed by atoms with Crippen LogP contribution in [-0.2, 0) is 15.7 Å². The molecule has 0 radical (unpaired) electrons. The zero-order valence-electron chi connectivity index (χ0n) is 12.8. The molecule has 0 aliphatic carbocycles. The lowest BCUT2D eigenvalue weighted by atomic mass is 9.97. The Morgan fingerprint density at radius 3 is 2.39 bits per heavy atom. The number of hydrogen-bond donors (Lipinski definition) is 0. The van der Waals surface area contributed by atoms with Gasteiger partial charge in [0, 0.05) is 5.56 Å². The van der Waals surface area contributed by atoms with Crippen molar-refractivity contribution in [3.05, 3.63) is 48.0 Å². The number of benzene rings is 1. The minimum atomic E-state index is -4.58. The van der Waals surface area contributed by atoms with Gasteiger partial charge in [-0.15, -0.1) is 0 Å². The van der Waals surface area contributed by atoms with Crippen molar-refractivity contribution in [2.75, 3.05) is 0 Å². The average molecular weight is 327 g/mol. The van der Waals surface area contributed by atoms with Crippen molar-refractivity contribution in [1.29, 1.82) is 0 Å². The van der Waals surface area contributed by atoms with E-state index in [9.17, 15) is 18.0 Å². The van der Waals surface area contributed by atoms with Gasteiger partial charge in [0.2, 0.25) is 6.23 Å². The zero-order chi connectivity index (χ0) is 17.3. The number of hydrogen-bond acceptors (Lipinski definition) is 4. The summed E-state index contributed by atoms with van der Waals surface area (Å²) in [5.41, 5.74) is -1.96. The van der Waals surface area contributed by atoms with Gasteiger partial charge in [0.15, 0.2) is 0 Å². The van der Waals surface area contributed by atoms with Gasteiger partial charge in [-0.1, -0.05) is 18.2 Å². The molecule has 0 N–H and O–H groups in total. The van der Waals surface area contributed by atoms with Crippen LogP contribution in [0.2, 0.25) is 0 Å². The Morgan fingerprint density at radius 1 is 1.22 bits per heavy atom. The molecule has 1 atom stereocenters. The summed E-state index contributed by atoms with van der Waals surface area (Å²) in [4.78, 5) is 15.8. The van der Waals surface area contributed by atoms with Crippen LogP contribution in [0.5, 0.6) is 0 Å². The monoisotopic (exact) mass is 327 g/mol. The first-order valence-corrected chi connectivity index (χ1v) is 6.82. The van der Waals surface area contributed by atoms with Gasteiger partial charge in [-0.2, -0.15) is 18.3 Å². The fourth-order valence-electron chi connectivity index (χ4n) is 1.85. The molecule has 1 aromatic carbocycles. The zero-order valence-corrected chi connectivity index (χ0v) is 12.8. The molecule has 1 unspecified atom stereocenters. The highest BCUT2D eigenvalue weighted by Crippen LogP contribution is 2.36. The van der Waals surface area contributed by atoms with Crippen LogP contribution >= 0.6 is 0 Å². The predicted octanol–water partition coefficient (Wildman–Crippen LogP) is 3.43. The number of halogens is 3. The first-order chi connectivity index (χ1) is 10.6. The number of carbonyl (C=O) groups is 1. The summed E-state index contributed by atoms with van der Waals surface area (Å²) in [5, 5.41) is 3.81. The van der Waals surface area contributed by atoms with Crippen LogP contribution < -0.4 is 0 Å². The Hall–Kier alpha value is -2.38. The number of alkyl halides is 3. The van der Waals surface area contributed by atoms with E-state index in [0.717, 1.165) is 17.1 Å². The van der Waals surface area contributed by atoms with Crippen LogP contribution in [0.4, 0.5) is 13.2 Å². The number of aromatic nitrogens is 3. The highest BCUT2D eigenvalue weighted by Gasteiger charge is 2.37. The molecule has 23 heavy (non-hydrogen) atoms. The molecule has 1 aromatic heterocycles. The number of carbonyl (C=O) groups excluding carboxylic acids is 1. The lowest BCUT2D eigenvalue weighted by molar-refractivity contribution is -0.163. The first-order valence-electron chi connectivity index (χ1n) is 6.82. The number of ether oxygens (including phenoxy) is 1. The van der Waals surface area contributed by atoms with Crippen molar-refractivity contribution < 1.29 is 22.7 Å². The van der Waals surface area contributed by atoms with E-state index in [4.69, 9.17) is 4.74 Å². The molecule has 5 nitrogen and oxygen atoms in total. The Balaban J connectivity index is 2.50. The number of rotatable bonds is 3. The van der Waals surface area contributed by atoms with Crippen molar-refractivity contribution >= 4 is 5.97 Å². The standard InChI is InChI=1S/C15H16F3N3O2/c1-14(2,3)13(22)23-12(21-9-19-8-20-21)10-6-4-5-7-11(10)15(16,17)18/h4-9,12H,1-3H3. The lowest BCUT2D eigenvalue weighted by Gasteiger charge is -2.25. The van der Waals surface area contributed by atoms with Crippen molar-refractivity contribution in [2.45, 2.75) is 33.2 Å². The molecule has 0 saturated carbocycles. The third kappa shape index (κ3) is 3.88. The second-order valence-electron chi connectivity index (χ2n) is 5.97. The van der Waals surface area contributed by atoms with Gasteiger partial charge in [0.05, 0.1) is 11.0 Å². The molecule has 2 rings (SSSR count). The third-order valence-electron chi connectivity index (χ3n) is 3.04. The number of nitrogens with zero attached hydrogens (tertiary/aromatic N) is 3. The van der Waals surface area contributed by atoms with Crippen LogP contribution in [0, 0.1) is 5.41 Å². The molecule has 8 heteroatoms. The first kappa shape index (κ1) is 17.0. The second kappa shape index (κ2) is 6.02. The Kier molecular flexibility index (Phi) is 4.44. The van der Waals surface area contributed by atoms with E-state index in [1.807, 2.05) is 0 Å². The van der Waals surface area contributed by atoms with Crippen LogP contribution in [-0.4, -0.2) is 20.7 Å². The van der Waals surface area contributed by atoms with Crippen LogP contribution in [0.3, 0.4) is 0 Å². The van der Waals surface area contributed by atoms with E-state index in [1.165, 1.54) is 24.5 Å². The van der Waals surface area contributed by atoms with E-state index in [1.54, 1.807) is 20.8 Å². The Morgan fingerprint density at radius 2 is 1.87 bits per heavy atom. The molecule has 0 fully saturated rings. The van der Waals surface area contributed by atoms with Crippen LogP contribution in [0.15, 0.2) is 36.9 Å². The van der Waals surface area contributed by atoms with Gasteiger partial charge in [0.25, 0.3) is 0 Å². The van der Waals surface area contributed by atoms with Gasteiger partial charge >= 0.3 is 12.1 Å². The lowest BCUT2D eigenvalue weighted by Crippen LogP contribution is -2.29. The molecule has 1 heterocycles. The molecule has 2 aromatic rings. The molecule has 0 bridgehead atoms. The third-order valence-corrected chi connectivity index (χ3v) is 3.04. The molecule has 0 saturated heterocycles. The second-order valence-corrected chi connectivity index (χ2v) is 5.97. The summed E-state index contributed by atoms with van der Waals surface area (Å²) >= 11 is 0. The summed E-state index contributed by atoms with van der Waals surface area (Å²) in [5.74, 6) is -0.644. The van der Waals surface area contributed by atoms with Crippen molar-refractivity contribution in [2.24, 2.45) is 5.41 Å². The van der Waals surface area contributed by atoms with E-state index in [-0.39, 0.29) is 5.56 Å². The summed E-state index contributed by atoms with van der Waals surface area (Å²) < 4.78 is 46.1. The van der Waals surface area contributed by atoms with Crippen molar-refractivity contribution in [1.82, 2.24) is 14.8 Å². The van der Waals surface area contributed by atoms with E-state index in [0.29, 0.717) is 0 Å².